The fourth-order valence-corrected chi connectivity index (χ4v) is 6.85. The van der Waals surface area contributed by atoms with Crippen molar-refractivity contribution in [2.24, 2.45) is 0 Å². The minimum Gasteiger partial charge on any atom is -0.493 e. The third-order valence-electron chi connectivity index (χ3n) is 8.98. The number of alkyl halides is 3. The second-order valence-electron chi connectivity index (χ2n) is 11.4. The number of aliphatic carboxylic acids is 1. The minimum absolute atomic E-state index is 0.123. The summed E-state index contributed by atoms with van der Waals surface area (Å²) in [7, 11) is 3.60. The molecule has 3 N–H and O–H groups in total. The number of carboxylic acids is 1. The molecule has 1 spiro atoms. The molecule has 1 saturated heterocycles. The molecule has 4 aliphatic rings. The van der Waals surface area contributed by atoms with Gasteiger partial charge in [0, 0.05) is 18.0 Å². The molecule has 1 unspecified atom stereocenters. The molecule has 0 amide bonds. The molecule has 0 radical (unpaired) electrons. The summed E-state index contributed by atoms with van der Waals surface area (Å²) >= 11 is 0. The summed E-state index contributed by atoms with van der Waals surface area (Å²) in [4.78, 5) is 36.7. The molecule has 11 nitrogen and oxygen atoms in total. The maximum atomic E-state index is 13.1. The van der Waals surface area contributed by atoms with Crippen molar-refractivity contribution in [2.75, 3.05) is 20.7 Å². The Morgan fingerprint density at radius 3 is 2.40 bits per heavy atom. The second-order valence-corrected chi connectivity index (χ2v) is 11.4. The number of rotatable bonds is 6. The van der Waals surface area contributed by atoms with Gasteiger partial charge in [-0.3, -0.25) is 0 Å². The zero-order valence-electron chi connectivity index (χ0n) is 24.5. The van der Waals surface area contributed by atoms with E-state index in [1.165, 1.54) is 6.92 Å². The number of aliphatic hydroxyl groups excluding tert-OH is 1. The van der Waals surface area contributed by atoms with Crippen LogP contribution in [0.5, 0.6) is 11.5 Å². The van der Waals surface area contributed by atoms with E-state index in [0.717, 1.165) is 17.7 Å². The lowest BCUT2D eigenvalue weighted by molar-refractivity contribution is -0.192. The van der Waals surface area contributed by atoms with Gasteiger partial charge < -0.3 is 39.2 Å². The topological polar surface area (TPSA) is 152 Å². The van der Waals surface area contributed by atoms with E-state index >= 15 is 0 Å². The molecule has 6 rings (SSSR count). The smallest absolute Gasteiger partial charge is 0.490 e. The average Bonchev–Trinajstić information content (AvgIpc) is 3.36. The lowest BCUT2D eigenvalue weighted by Crippen LogP contribution is -2.74. The highest BCUT2D eigenvalue weighted by molar-refractivity contribution is 5.82. The Kier molecular flexibility index (Phi) is 8.36. The molecule has 2 aromatic carbocycles. The van der Waals surface area contributed by atoms with Gasteiger partial charge in [-0.05, 0) is 56.6 Å². The molecular formula is C31H32F3NO10. The number of nitrogens with zero attached hydrogens (tertiary/aromatic N) is 1. The molecule has 2 aliphatic carbocycles. The Labute approximate surface area is 255 Å². The van der Waals surface area contributed by atoms with Crippen LogP contribution in [-0.2, 0) is 35.7 Å². The summed E-state index contributed by atoms with van der Waals surface area (Å²) < 4.78 is 54.8. The molecule has 45 heavy (non-hydrogen) atoms. The van der Waals surface area contributed by atoms with E-state index in [4.69, 9.17) is 28.8 Å². The van der Waals surface area contributed by atoms with Crippen LogP contribution in [-0.4, -0.2) is 88.9 Å². The van der Waals surface area contributed by atoms with Crippen LogP contribution in [0.25, 0.3) is 0 Å². The number of aliphatic hydroxyl groups is 2. The number of piperidine rings is 1. The van der Waals surface area contributed by atoms with Crippen LogP contribution in [0.15, 0.2) is 54.3 Å². The van der Waals surface area contributed by atoms with Crippen LogP contribution in [0, 0.1) is 0 Å². The summed E-state index contributed by atoms with van der Waals surface area (Å²) in [5, 5.41) is 29.7. The molecule has 2 aromatic rings. The summed E-state index contributed by atoms with van der Waals surface area (Å²) in [6.07, 6.45) is -5.35. The van der Waals surface area contributed by atoms with E-state index in [-0.39, 0.29) is 18.2 Å². The zero-order valence-corrected chi connectivity index (χ0v) is 24.5. The van der Waals surface area contributed by atoms with E-state index < -0.39 is 53.4 Å². The highest BCUT2D eigenvalue weighted by Crippen LogP contribution is 2.65. The normalized spacial score (nSPS) is 27.3. The number of likely N-dealkylation sites (N-methyl/N-ethyl adjacent to an activating group) is 1. The average molecular weight is 636 g/mol. The van der Waals surface area contributed by atoms with Gasteiger partial charge in [-0.2, -0.15) is 13.2 Å². The first-order valence-corrected chi connectivity index (χ1v) is 14.1. The van der Waals surface area contributed by atoms with E-state index in [2.05, 4.69) is 4.90 Å². The van der Waals surface area contributed by atoms with E-state index in [1.807, 2.05) is 19.2 Å². The number of hydrogen-bond acceptors (Lipinski definition) is 10. The van der Waals surface area contributed by atoms with Crippen LogP contribution in [0.4, 0.5) is 13.2 Å². The fraction of sp³-hybridized carbons (Fsp3) is 0.452. The molecular weight excluding hydrogens is 603 g/mol. The highest BCUT2D eigenvalue weighted by atomic mass is 19.4. The van der Waals surface area contributed by atoms with Crippen molar-refractivity contribution in [1.29, 1.82) is 0 Å². The van der Waals surface area contributed by atoms with Crippen molar-refractivity contribution in [3.8, 4) is 11.5 Å². The standard InChI is InChI=1S/C29H31NO8.C2HF3O2/c1-16(36-27(33)23(31)17-7-5-4-6-8-17)26(32)37-20-11-12-29(34)21-15-18-9-10-19(35-3)24-22(18)28(29,25(20)38-24)13-14-30(21)2;3-2(4,5)1(6)7/h4-11,16,21,23,25,31,34H,12-15H2,1-3H3;(H,6,7)/t16-,21?,23-,25-,28-,29-;/m0./s1. The first kappa shape index (κ1) is 32.3. The zero-order chi connectivity index (χ0) is 32.9. The van der Waals surface area contributed by atoms with Crippen LogP contribution < -0.4 is 9.47 Å². The van der Waals surface area contributed by atoms with Crippen molar-refractivity contribution < 1.29 is 61.8 Å². The molecule has 2 bridgehead atoms. The first-order valence-electron chi connectivity index (χ1n) is 14.1. The molecule has 2 aliphatic heterocycles. The number of hydrogen-bond donors (Lipinski definition) is 3. The van der Waals surface area contributed by atoms with Crippen LogP contribution in [0.1, 0.15) is 42.6 Å². The SMILES string of the molecule is COc1ccc2c3c1O[C@H]1C(OC(=O)[C@H](C)OC(=O)[C@@H](O)c4ccccc4)=CC[C@]4(O)C(C2)N(C)CC[C@]314.O=C(O)C(F)(F)F. The molecule has 0 aromatic heterocycles. The van der Waals surface area contributed by atoms with Gasteiger partial charge in [0.15, 0.2) is 29.8 Å². The Morgan fingerprint density at radius 1 is 1.11 bits per heavy atom. The molecule has 242 valence electrons. The lowest BCUT2D eigenvalue weighted by atomic mass is 9.50. The van der Waals surface area contributed by atoms with Crippen molar-refractivity contribution in [1.82, 2.24) is 4.90 Å². The van der Waals surface area contributed by atoms with Crippen molar-refractivity contribution in [2.45, 2.75) is 67.7 Å². The molecule has 1 fully saturated rings. The van der Waals surface area contributed by atoms with Crippen molar-refractivity contribution >= 4 is 17.9 Å². The number of esters is 2. The fourth-order valence-electron chi connectivity index (χ4n) is 6.85. The predicted octanol–water partition coefficient (Wildman–Crippen LogP) is 2.81. The molecule has 6 atom stereocenters. The molecule has 14 heteroatoms. The van der Waals surface area contributed by atoms with E-state index in [9.17, 15) is 33.0 Å². The van der Waals surface area contributed by atoms with Gasteiger partial charge in [0.05, 0.1) is 18.1 Å². The number of halogens is 3. The Morgan fingerprint density at radius 2 is 1.78 bits per heavy atom. The van der Waals surface area contributed by atoms with Crippen LogP contribution in [0.3, 0.4) is 0 Å². The van der Waals surface area contributed by atoms with Gasteiger partial charge in [0.1, 0.15) is 5.76 Å². The number of methoxy groups -OCH3 is 1. The van der Waals surface area contributed by atoms with E-state index in [0.29, 0.717) is 29.9 Å². The van der Waals surface area contributed by atoms with Crippen molar-refractivity contribution in [3.63, 3.8) is 0 Å². The highest BCUT2D eigenvalue weighted by Gasteiger charge is 2.72. The summed E-state index contributed by atoms with van der Waals surface area (Å²) in [5.41, 5.74) is 0.455. The predicted molar refractivity (Wildman–Crippen MR) is 148 cm³/mol. The van der Waals surface area contributed by atoms with Gasteiger partial charge in [0.2, 0.25) is 0 Å². The van der Waals surface area contributed by atoms with Gasteiger partial charge in [-0.25, -0.2) is 14.4 Å². The Balaban J connectivity index is 0.000000515. The second kappa shape index (κ2) is 11.7. The molecule has 0 saturated carbocycles. The van der Waals surface area contributed by atoms with Crippen LogP contribution >= 0.6 is 0 Å². The molecule has 2 heterocycles. The Hall–Kier alpha value is -4.14. The van der Waals surface area contributed by atoms with Gasteiger partial charge >= 0.3 is 24.1 Å². The number of ether oxygens (including phenoxy) is 4. The minimum atomic E-state index is -5.08. The number of carboxylic acid groups (broad SMARTS) is 1. The van der Waals surface area contributed by atoms with Gasteiger partial charge in [0.25, 0.3) is 0 Å². The van der Waals surface area contributed by atoms with Crippen molar-refractivity contribution in [3.05, 3.63) is 71.0 Å². The lowest BCUT2D eigenvalue weighted by Gasteiger charge is -2.61. The first-order chi connectivity index (χ1) is 21.2. The number of benzene rings is 2. The van der Waals surface area contributed by atoms with Gasteiger partial charge in [-0.15, -0.1) is 0 Å². The quantitative estimate of drug-likeness (QED) is 0.402. The van der Waals surface area contributed by atoms with Gasteiger partial charge in [-0.1, -0.05) is 36.4 Å². The largest absolute Gasteiger partial charge is 0.493 e. The number of likely N-dealkylation sites (tertiary alicyclic amines) is 1. The Bertz CT molecular complexity index is 1530. The maximum absolute atomic E-state index is 13.1. The maximum Gasteiger partial charge on any atom is 0.490 e. The van der Waals surface area contributed by atoms with E-state index in [1.54, 1.807) is 43.5 Å². The monoisotopic (exact) mass is 635 g/mol. The summed E-state index contributed by atoms with van der Waals surface area (Å²) in [6.45, 7) is 2.14. The summed E-state index contributed by atoms with van der Waals surface area (Å²) in [6, 6.07) is 12.1. The third-order valence-corrected chi connectivity index (χ3v) is 8.98. The number of carbonyl (C=O) groups is 3. The third kappa shape index (κ3) is 5.30. The number of carbonyl (C=O) groups excluding carboxylic acids is 2. The van der Waals surface area contributed by atoms with Crippen LogP contribution in [0.2, 0.25) is 0 Å². The summed E-state index contributed by atoms with van der Waals surface area (Å²) in [5.74, 6) is -3.08.